The van der Waals surface area contributed by atoms with E-state index in [0.29, 0.717) is 4.88 Å². The Morgan fingerprint density at radius 3 is 2.86 bits per heavy atom. The van der Waals surface area contributed by atoms with Crippen molar-refractivity contribution in [1.82, 2.24) is 0 Å². The van der Waals surface area contributed by atoms with Crippen LogP contribution in [0.5, 0.6) is 0 Å². The van der Waals surface area contributed by atoms with E-state index < -0.39 is 12.4 Å². The molecule has 1 aromatic rings. The first-order chi connectivity index (χ1) is 6.54. The van der Waals surface area contributed by atoms with Gasteiger partial charge in [0, 0.05) is 11.3 Å². The van der Waals surface area contributed by atoms with E-state index in [1.165, 1.54) is 13.2 Å². The zero-order valence-electron chi connectivity index (χ0n) is 7.42. The molecule has 0 saturated heterocycles. The molecular weight excluding hydrogens is 212 g/mol. The van der Waals surface area contributed by atoms with E-state index in [-0.39, 0.29) is 17.0 Å². The second-order valence-electron chi connectivity index (χ2n) is 2.58. The van der Waals surface area contributed by atoms with Gasteiger partial charge in [0.1, 0.15) is 5.00 Å². The Labute approximate surface area is 83.5 Å². The smallest absolute Gasteiger partial charge is 0.340 e. The monoisotopic (exact) mass is 221 g/mol. The van der Waals surface area contributed by atoms with E-state index >= 15 is 0 Å². The Morgan fingerprint density at radius 2 is 2.36 bits per heavy atom. The minimum Gasteiger partial charge on any atom is -0.465 e. The van der Waals surface area contributed by atoms with Gasteiger partial charge in [-0.2, -0.15) is 0 Å². The molecule has 0 aliphatic carbocycles. The summed E-state index contributed by atoms with van der Waals surface area (Å²) in [7, 11) is 1.21. The molecule has 0 aliphatic rings. The number of hydrogen-bond acceptors (Lipinski definition) is 4. The van der Waals surface area contributed by atoms with Crippen LogP contribution in [-0.2, 0) is 11.2 Å². The molecule has 0 fully saturated rings. The van der Waals surface area contributed by atoms with Gasteiger partial charge in [-0.3, -0.25) is 0 Å². The molecule has 0 aliphatic heterocycles. The molecule has 6 heteroatoms. The Balaban J connectivity index is 2.87. The molecule has 1 heterocycles. The number of esters is 1. The van der Waals surface area contributed by atoms with Crippen molar-refractivity contribution in [3.05, 3.63) is 16.5 Å². The van der Waals surface area contributed by atoms with Gasteiger partial charge in [-0.15, -0.1) is 11.3 Å². The molecule has 0 radical (unpaired) electrons. The summed E-state index contributed by atoms with van der Waals surface area (Å²) in [5.74, 6) is -0.598. The van der Waals surface area contributed by atoms with Gasteiger partial charge >= 0.3 is 5.97 Å². The maximum absolute atomic E-state index is 12.0. The van der Waals surface area contributed by atoms with Crippen LogP contribution in [0.3, 0.4) is 0 Å². The SMILES string of the molecule is COC(=O)c1cc(CC(F)F)sc1N. The van der Waals surface area contributed by atoms with Gasteiger partial charge in [0.15, 0.2) is 0 Å². The first-order valence-corrected chi connectivity index (χ1v) is 4.61. The van der Waals surface area contributed by atoms with Crippen LogP contribution in [0.25, 0.3) is 0 Å². The number of rotatable bonds is 3. The summed E-state index contributed by atoms with van der Waals surface area (Å²) in [6.07, 6.45) is -2.81. The molecule has 14 heavy (non-hydrogen) atoms. The van der Waals surface area contributed by atoms with Gasteiger partial charge in [-0.1, -0.05) is 0 Å². The Bertz CT molecular complexity index is 338. The average molecular weight is 221 g/mol. The molecule has 0 saturated carbocycles. The molecule has 3 nitrogen and oxygen atoms in total. The number of carbonyl (C=O) groups excluding carboxylic acids is 1. The summed E-state index contributed by atoms with van der Waals surface area (Å²) in [6.45, 7) is 0. The van der Waals surface area contributed by atoms with Crippen molar-refractivity contribution >= 4 is 22.3 Å². The van der Waals surface area contributed by atoms with Gasteiger partial charge in [-0.05, 0) is 6.07 Å². The highest BCUT2D eigenvalue weighted by Gasteiger charge is 2.16. The lowest BCUT2D eigenvalue weighted by Gasteiger charge is -1.94. The number of hydrogen-bond donors (Lipinski definition) is 1. The zero-order valence-corrected chi connectivity index (χ0v) is 8.24. The number of methoxy groups -OCH3 is 1. The fourth-order valence-electron chi connectivity index (χ4n) is 0.980. The predicted molar refractivity (Wildman–Crippen MR) is 49.8 cm³/mol. The van der Waals surface area contributed by atoms with E-state index in [4.69, 9.17) is 5.73 Å². The van der Waals surface area contributed by atoms with Gasteiger partial charge in [0.25, 0.3) is 0 Å². The van der Waals surface area contributed by atoms with Crippen LogP contribution in [0.1, 0.15) is 15.2 Å². The van der Waals surface area contributed by atoms with Crippen molar-refractivity contribution < 1.29 is 18.3 Å². The minimum atomic E-state index is -2.43. The Morgan fingerprint density at radius 1 is 1.71 bits per heavy atom. The fraction of sp³-hybridized carbons (Fsp3) is 0.375. The number of ether oxygens (including phenoxy) is 1. The number of nitrogen functional groups attached to an aromatic ring is 1. The molecular formula is C8H9F2NO2S. The number of carbonyl (C=O) groups is 1. The number of nitrogens with two attached hydrogens (primary N) is 1. The number of thiophene rings is 1. The Hall–Kier alpha value is -1.17. The summed E-state index contributed by atoms with van der Waals surface area (Å²) < 4.78 is 28.4. The normalized spacial score (nSPS) is 10.6. The maximum atomic E-state index is 12.0. The van der Waals surface area contributed by atoms with Crippen LogP contribution in [0.4, 0.5) is 13.8 Å². The molecule has 1 aromatic heterocycles. The van der Waals surface area contributed by atoms with Crippen molar-refractivity contribution in [2.24, 2.45) is 0 Å². The summed E-state index contributed by atoms with van der Waals surface area (Å²) in [5.41, 5.74) is 5.63. The zero-order chi connectivity index (χ0) is 10.7. The number of anilines is 1. The van der Waals surface area contributed by atoms with Gasteiger partial charge < -0.3 is 10.5 Å². The van der Waals surface area contributed by atoms with E-state index in [0.717, 1.165) is 11.3 Å². The first-order valence-electron chi connectivity index (χ1n) is 3.79. The van der Waals surface area contributed by atoms with Crippen molar-refractivity contribution in [2.45, 2.75) is 12.8 Å². The van der Waals surface area contributed by atoms with Crippen LogP contribution >= 0.6 is 11.3 Å². The van der Waals surface area contributed by atoms with Gasteiger partial charge in [-0.25, -0.2) is 13.6 Å². The number of alkyl halides is 2. The van der Waals surface area contributed by atoms with Crippen LogP contribution in [0.15, 0.2) is 6.07 Å². The molecule has 0 aromatic carbocycles. The average Bonchev–Trinajstić information content (AvgIpc) is 2.44. The first kappa shape index (κ1) is 10.9. The van der Waals surface area contributed by atoms with Crippen molar-refractivity contribution in [2.75, 3.05) is 12.8 Å². The van der Waals surface area contributed by atoms with E-state index in [9.17, 15) is 13.6 Å². The molecule has 0 bridgehead atoms. The molecule has 2 N–H and O–H groups in total. The van der Waals surface area contributed by atoms with Crippen LogP contribution in [-0.4, -0.2) is 19.5 Å². The molecule has 1 rings (SSSR count). The topological polar surface area (TPSA) is 52.3 Å². The van der Waals surface area contributed by atoms with E-state index in [1.807, 2.05) is 0 Å². The van der Waals surface area contributed by atoms with Crippen LogP contribution in [0, 0.1) is 0 Å². The number of halogens is 2. The fourth-order valence-corrected chi connectivity index (χ4v) is 1.90. The second kappa shape index (κ2) is 4.36. The summed E-state index contributed by atoms with van der Waals surface area (Å²) in [4.78, 5) is 11.4. The summed E-state index contributed by atoms with van der Waals surface area (Å²) in [6, 6.07) is 1.35. The quantitative estimate of drug-likeness (QED) is 0.793. The van der Waals surface area contributed by atoms with E-state index in [2.05, 4.69) is 4.74 Å². The van der Waals surface area contributed by atoms with Crippen LogP contribution < -0.4 is 5.73 Å². The highest BCUT2D eigenvalue weighted by Crippen LogP contribution is 2.27. The van der Waals surface area contributed by atoms with E-state index in [1.54, 1.807) is 0 Å². The maximum Gasteiger partial charge on any atom is 0.340 e. The second-order valence-corrected chi connectivity index (χ2v) is 3.75. The highest BCUT2D eigenvalue weighted by molar-refractivity contribution is 7.16. The summed E-state index contributed by atoms with van der Waals surface area (Å²) >= 11 is 0.983. The predicted octanol–water partition coefficient (Wildman–Crippen LogP) is 1.92. The largest absolute Gasteiger partial charge is 0.465 e. The molecule has 0 atom stereocenters. The van der Waals surface area contributed by atoms with Crippen molar-refractivity contribution in [3.63, 3.8) is 0 Å². The van der Waals surface area contributed by atoms with Crippen LogP contribution in [0.2, 0.25) is 0 Å². The third kappa shape index (κ3) is 2.41. The minimum absolute atomic E-state index is 0.160. The lowest BCUT2D eigenvalue weighted by Crippen LogP contribution is -2.02. The van der Waals surface area contributed by atoms with Crippen molar-refractivity contribution in [3.8, 4) is 0 Å². The third-order valence-corrected chi connectivity index (χ3v) is 2.56. The molecule has 0 spiro atoms. The summed E-state index contributed by atoms with van der Waals surface area (Å²) in [5, 5.41) is 0.215. The lowest BCUT2D eigenvalue weighted by atomic mass is 10.2. The third-order valence-electron chi connectivity index (χ3n) is 1.57. The Kier molecular flexibility index (Phi) is 3.40. The lowest BCUT2D eigenvalue weighted by molar-refractivity contribution is 0.0602. The highest BCUT2D eigenvalue weighted by atomic mass is 32.1. The molecule has 0 unspecified atom stereocenters. The van der Waals surface area contributed by atoms with Crippen molar-refractivity contribution in [1.29, 1.82) is 0 Å². The van der Waals surface area contributed by atoms with Gasteiger partial charge in [0.05, 0.1) is 12.7 Å². The molecule has 78 valence electrons. The van der Waals surface area contributed by atoms with Gasteiger partial charge in [0.2, 0.25) is 6.43 Å². The standard InChI is InChI=1S/C8H9F2NO2S/c1-13-8(12)5-2-4(3-6(9)10)14-7(5)11/h2,6H,3,11H2,1H3. The molecule has 0 amide bonds.